The van der Waals surface area contributed by atoms with E-state index < -0.39 is 0 Å². The maximum atomic E-state index is 12.6. The molecule has 2 aliphatic rings. The van der Waals surface area contributed by atoms with E-state index in [0.717, 1.165) is 12.0 Å². The monoisotopic (exact) mass is 426 g/mol. The van der Waals surface area contributed by atoms with Crippen LogP contribution in [0.5, 0.6) is 11.5 Å². The molecule has 3 rings (SSSR count). The van der Waals surface area contributed by atoms with Gasteiger partial charge in [0.05, 0.1) is 30.1 Å². The molecule has 6 nitrogen and oxygen atoms in total. The van der Waals surface area contributed by atoms with Crippen molar-refractivity contribution in [3.63, 3.8) is 0 Å². The fraction of sp³-hybridized carbons (Fsp3) is 0.348. The lowest BCUT2D eigenvalue weighted by atomic mass is 10.0. The van der Waals surface area contributed by atoms with Crippen LogP contribution in [0.2, 0.25) is 0 Å². The topological polar surface area (TPSA) is 77.0 Å². The molecule has 7 heteroatoms. The van der Waals surface area contributed by atoms with Gasteiger partial charge in [0.1, 0.15) is 0 Å². The van der Waals surface area contributed by atoms with E-state index in [2.05, 4.69) is 24.2 Å². The second kappa shape index (κ2) is 9.80. The van der Waals surface area contributed by atoms with E-state index in [9.17, 15) is 9.59 Å². The van der Waals surface area contributed by atoms with Crippen molar-refractivity contribution < 1.29 is 19.1 Å². The third-order valence-electron chi connectivity index (χ3n) is 4.72. The number of allylic oxidation sites excluding steroid dienone is 1. The van der Waals surface area contributed by atoms with Crippen LogP contribution < -0.4 is 14.8 Å². The minimum Gasteiger partial charge on any atom is -0.493 e. The quantitative estimate of drug-likeness (QED) is 0.672. The molecule has 1 aromatic carbocycles. The van der Waals surface area contributed by atoms with Crippen molar-refractivity contribution in [2.45, 2.75) is 25.5 Å². The van der Waals surface area contributed by atoms with Crippen LogP contribution in [-0.2, 0) is 9.59 Å². The fourth-order valence-corrected chi connectivity index (χ4v) is 4.06. The molecule has 1 heterocycles. The number of carbonyl (C=O) groups excluding carboxylic acids is 2. The predicted molar refractivity (Wildman–Crippen MR) is 121 cm³/mol. The average molecular weight is 427 g/mol. The molecule has 1 aromatic rings. The molecule has 1 unspecified atom stereocenters. The normalized spacial score (nSPS) is 19.3. The summed E-state index contributed by atoms with van der Waals surface area (Å²) in [5.74, 6) is 1.29. The van der Waals surface area contributed by atoms with Crippen molar-refractivity contribution >= 4 is 35.4 Å². The molecular formula is C23H26N2O4S. The van der Waals surface area contributed by atoms with Crippen LogP contribution in [0.4, 0.5) is 0 Å². The number of hydrogen-bond donors (Lipinski definition) is 1. The third-order valence-corrected chi connectivity index (χ3v) is 5.91. The van der Waals surface area contributed by atoms with Crippen molar-refractivity contribution in [2.75, 3.05) is 20.8 Å². The molecule has 1 N–H and O–H groups in total. The first kappa shape index (κ1) is 21.9. The Morgan fingerprint density at radius 3 is 2.73 bits per heavy atom. The van der Waals surface area contributed by atoms with Gasteiger partial charge in [0.2, 0.25) is 0 Å². The molecular weight excluding hydrogens is 400 g/mol. The Labute approximate surface area is 181 Å². The number of methoxy groups -OCH3 is 2. The van der Waals surface area contributed by atoms with Crippen molar-refractivity contribution in [3.8, 4) is 11.5 Å². The Hall–Kier alpha value is -2.80. The number of amides is 2. The van der Waals surface area contributed by atoms with Gasteiger partial charge in [-0.1, -0.05) is 32.1 Å². The predicted octanol–water partition coefficient (Wildman–Crippen LogP) is 3.79. The van der Waals surface area contributed by atoms with Crippen molar-refractivity contribution in [1.82, 2.24) is 5.32 Å². The van der Waals surface area contributed by atoms with Crippen molar-refractivity contribution in [1.29, 1.82) is 0 Å². The highest BCUT2D eigenvalue weighted by Crippen LogP contribution is 2.35. The Morgan fingerprint density at radius 1 is 1.27 bits per heavy atom. The zero-order valence-corrected chi connectivity index (χ0v) is 18.4. The molecule has 0 spiro atoms. The van der Waals surface area contributed by atoms with Crippen LogP contribution in [0.25, 0.3) is 6.08 Å². The lowest BCUT2D eigenvalue weighted by Crippen LogP contribution is -2.30. The smallest absolute Gasteiger partial charge is 0.283 e. The van der Waals surface area contributed by atoms with Gasteiger partial charge in [-0.2, -0.15) is 0 Å². The Morgan fingerprint density at radius 2 is 2.03 bits per heavy atom. The number of aliphatic imine (C=N–C) groups is 1. The van der Waals surface area contributed by atoms with E-state index in [1.807, 2.05) is 18.2 Å². The second-order valence-corrected chi connectivity index (χ2v) is 8.58. The van der Waals surface area contributed by atoms with Gasteiger partial charge < -0.3 is 14.8 Å². The molecule has 158 valence electrons. The minimum atomic E-state index is -0.313. The molecule has 0 fully saturated rings. The number of hydrogen-bond acceptors (Lipinski definition) is 5. The van der Waals surface area contributed by atoms with Gasteiger partial charge in [0.15, 0.2) is 11.5 Å². The van der Waals surface area contributed by atoms with Gasteiger partial charge in [-0.15, -0.1) is 11.8 Å². The average Bonchev–Trinajstić information content (AvgIpc) is 2.73. The lowest BCUT2D eigenvalue weighted by molar-refractivity contribution is -0.117. The van der Waals surface area contributed by atoms with E-state index in [0.29, 0.717) is 40.2 Å². The maximum Gasteiger partial charge on any atom is 0.283 e. The van der Waals surface area contributed by atoms with Gasteiger partial charge >= 0.3 is 0 Å². The fourth-order valence-electron chi connectivity index (χ4n) is 3.04. The van der Waals surface area contributed by atoms with Crippen molar-refractivity contribution in [3.05, 3.63) is 52.5 Å². The molecule has 2 amide bonds. The highest BCUT2D eigenvalue weighted by molar-refractivity contribution is 8.05. The molecule has 0 bridgehead atoms. The molecule has 1 aliphatic carbocycles. The molecule has 0 radical (unpaired) electrons. The second-order valence-electron chi connectivity index (χ2n) is 7.40. The first-order chi connectivity index (χ1) is 14.4. The minimum absolute atomic E-state index is 0.0960. The summed E-state index contributed by atoms with van der Waals surface area (Å²) in [6, 6.07) is 5.47. The number of fused-ring (bicyclic) bond motifs is 1. The number of nitrogens with zero attached hydrogens (tertiary/aromatic N) is 1. The Bertz CT molecular complexity index is 960. The third kappa shape index (κ3) is 5.21. The first-order valence-electron chi connectivity index (χ1n) is 9.82. The van der Waals surface area contributed by atoms with Crippen LogP contribution in [0, 0.1) is 5.92 Å². The summed E-state index contributed by atoms with van der Waals surface area (Å²) >= 11 is 1.42. The van der Waals surface area contributed by atoms with E-state index in [1.54, 1.807) is 38.5 Å². The number of nitrogens with one attached hydrogen (secondary N) is 1. The number of rotatable bonds is 7. The zero-order chi connectivity index (χ0) is 21.7. The number of thioether (sulfide) groups is 1. The number of carbonyl (C=O) groups is 2. The molecule has 30 heavy (non-hydrogen) atoms. The van der Waals surface area contributed by atoms with Gasteiger partial charge in [-0.3, -0.25) is 9.59 Å². The summed E-state index contributed by atoms with van der Waals surface area (Å²) in [5, 5.41) is 2.82. The molecule has 0 saturated carbocycles. The Balaban J connectivity index is 1.75. The van der Waals surface area contributed by atoms with E-state index in [-0.39, 0.29) is 17.1 Å². The summed E-state index contributed by atoms with van der Waals surface area (Å²) in [7, 11) is 3.15. The largest absolute Gasteiger partial charge is 0.493 e. The molecule has 1 atom stereocenters. The van der Waals surface area contributed by atoms with Crippen LogP contribution in [0.1, 0.15) is 25.8 Å². The van der Waals surface area contributed by atoms with Crippen molar-refractivity contribution in [2.24, 2.45) is 10.9 Å². The van der Waals surface area contributed by atoms with Crippen LogP contribution >= 0.6 is 11.8 Å². The number of ether oxygens (including phenoxy) is 2. The molecule has 0 aromatic heterocycles. The van der Waals surface area contributed by atoms with E-state index in [1.165, 1.54) is 11.8 Å². The first-order valence-corrected chi connectivity index (χ1v) is 10.7. The Kier molecular flexibility index (Phi) is 7.15. The SMILES string of the molecule is COc1ccc(/C=C2/SC3C=CC(C(=O)NCCC(C)C)=CC3=NC2=O)cc1OC. The maximum absolute atomic E-state index is 12.6. The van der Waals surface area contributed by atoms with E-state index in [4.69, 9.17) is 9.47 Å². The zero-order valence-electron chi connectivity index (χ0n) is 17.6. The van der Waals surface area contributed by atoms with Gasteiger partial charge in [-0.25, -0.2) is 4.99 Å². The summed E-state index contributed by atoms with van der Waals surface area (Å²) in [6.45, 7) is 4.86. The van der Waals surface area contributed by atoms with Crippen LogP contribution in [0.15, 0.2) is 51.9 Å². The van der Waals surface area contributed by atoms with Gasteiger partial charge in [0.25, 0.3) is 11.8 Å². The lowest BCUT2D eigenvalue weighted by Gasteiger charge is -2.22. The van der Waals surface area contributed by atoms with Crippen LogP contribution in [-0.4, -0.2) is 43.5 Å². The standard InChI is InChI=1S/C23H26N2O4S/c1-14(2)9-10-24-22(26)16-6-8-20-17(13-16)25-23(27)21(30-20)12-15-5-7-18(28-3)19(11-15)29-4/h5-8,11-14,20H,9-10H2,1-4H3,(H,24,26)/b21-12+. The number of benzene rings is 1. The van der Waals surface area contributed by atoms with Crippen LogP contribution in [0.3, 0.4) is 0 Å². The summed E-state index contributed by atoms with van der Waals surface area (Å²) in [6.07, 6.45) is 8.13. The highest BCUT2D eigenvalue weighted by atomic mass is 32.2. The highest BCUT2D eigenvalue weighted by Gasteiger charge is 2.28. The van der Waals surface area contributed by atoms with Gasteiger partial charge in [-0.05, 0) is 42.2 Å². The van der Waals surface area contributed by atoms with Gasteiger partial charge in [0, 0.05) is 12.1 Å². The molecule has 1 aliphatic heterocycles. The summed E-state index contributed by atoms with van der Waals surface area (Å²) in [4.78, 5) is 29.7. The molecule has 0 saturated heterocycles. The summed E-state index contributed by atoms with van der Waals surface area (Å²) in [5.41, 5.74) is 1.95. The van der Waals surface area contributed by atoms with E-state index >= 15 is 0 Å². The summed E-state index contributed by atoms with van der Waals surface area (Å²) < 4.78 is 10.6.